The van der Waals surface area contributed by atoms with Crippen molar-refractivity contribution in [2.24, 2.45) is 0 Å². The van der Waals surface area contributed by atoms with Crippen molar-refractivity contribution >= 4 is 11.9 Å². The molecular formula is C23H24FN3O5. The van der Waals surface area contributed by atoms with E-state index in [4.69, 9.17) is 14.0 Å². The van der Waals surface area contributed by atoms with Gasteiger partial charge in [-0.2, -0.15) is 4.98 Å². The maximum absolute atomic E-state index is 13.0. The second-order valence-electron chi connectivity index (χ2n) is 7.01. The molecule has 0 aliphatic heterocycles. The number of carbonyl (C=O) groups is 2. The number of rotatable bonds is 10. The van der Waals surface area contributed by atoms with Crippen LogP contribution in [0.25, 0.3) is 11.4 Å². The number of amides is 1. The minimum Gasteiger partial charge on any atom is -0.494 e. The van der Waals surface area contributed by atoms with E-state index in [2.05, 4.69) is 10.1 Å². The Kier molecular flexibility index (Phi) is 7.91. The van der Waals surface area contributed by atoms with Gasteiger partial charge in [0.1, 0.15) is 11.6 Å². The Morgan fingerprint density at radius 1 is 1.09 bits per heavy atom. The van der Waals surface area contributed by atoms with Gasteiger partial charge < -0.3 is 18.9 Å². The maximum atomic E-state index is 13.0. The van der Waals surface area contributed by atoms with Gasteiger partial charge in [0.25, 0.3) is 5.91 Å². The molecule has 3 rings (SSSR count). The Bertz CT molecular complexity index is 1030. The summed E-state index contributed by atoms with van der Waals surface area (Å²) in [4.78, 5) is 29.9. The lowest BCUT2D eigenvalue weighted by molar-refractivity contribution is -0.151. The molecule has 8 nitrogen and oxygen atoms in total. The van der Waals surface area contributed by atoms with Crippen LogP contribution in [0.2, 0.25) is 0 Å². The molecule has 168 valence electrons. The van der Waals surface area contributed by atoms with Crippen molar-refractivity contribution < 1.29 is 28.0 Å². The van der Waals surface area contributed by atoms with E-state index in [0.717, 1.165) is 11.3 Å². The van der Waals surface area contributed by atoms with E-state index in [1.807, 2.05) is 31.2 Å². The van der Waals surface area contributed by atoms with Crippen LogP contribution in [0.1, 0.15) is 24.8 Å². The summed E-state index contributed by atoms with van der Waals surface area (Å²) in [5.41, 5.74) is 1.54. The Labute approximate surface area is 184 Å². The van der Waals surface area contributed by atoms with E-state index in [0.29, 0.717) is 24.5 Å². The van der Waals surface area contributed by atoms with Gasteiger partial charge in [0.15, 0.2) is 6.61 Å². The predicted molar refractivity (Wildman–Crippen MR) is 113 cm³/mol. The summed E-state index contributed by atoms with van der Waals surface area (Å²) in [7, 11) is 1.64. The second-order valence-corrected chi connectivity index (χ2v) is 7.01. The molecule has 2 aromatic carbocycles. The molecule has 0 unspecified atom stereocenters. The number of nitrogens with zero attached hydrogens (tertiary/aromatic N) is 3. The number of likely N-dealkylation sites (N-methyl/N-ethyl adjacent to an activating group) is 1. The highest BCUT2D eigenvalue weighted by Gasteiger charge is 2.15. The first-order chi connectivity index (χ1) is 15.4. The van der Waals surface area contributed by atoms with Crippen LogP contribution in [-0.4, -0.2) is 47.2 Å². The summed E-state index contributed by atoms with van der Waals surface area (Å²) in [6.07, 6.45) is 0.157. The molecule has 1 amide bonds. The molecule has 0 aliphatic rings. The van der Waals surface area contributed by atoms with Crippen LogP contribution in [0, 0.1) is 5.82 Å². The molecule has 0 radical (unpaired) electrons. The number of carbonyl (C=O) groups excluding carboxylic acids is 2. The molecule has 9 heteroatoms. The summed E-state index contributed by atoms with van der Waals surface area (Å²) in [6.45, 7) is 2.54. The minimum absolute atomic E-state index is 0.0130. The lowest BCUT2D eigenvalue weighted by atomic mass is 10.2. The highest BCUT2D eigenvalue weighted by Crippen LogP contribution is 2.17. The standard InChI is InChI=1S/C23H24FN3O5/c1-3-30-19-10-4-16(5-11-19)14-27(2)21(28)15-31-22(29)13-12-20-25-23(26-32-20)17-6-8-18(24)9-7-17/h4-11H,3,12-15H2,1-2H3. The lowest BCUT2D eigenvalue weighted by Crippen LogP contribution is -2.30. The van der Waals surface area contributed by atoms with Crippen molar-refractivity contribution in [3.8, 4) is 17.1 Å². The summed E-state index contributed by atoms with van der Waals surface area (Å²) in [5.74, 6) is 0.0997. The van der Waals surface area contributed by atoms with E-state index < -0.39 is 5.97 Å². The Morgan fingerprint density at radius 3 is 2.50 bits per heavy atom. The monoisotopic (exact) mass is 441 g/mol. The Hall–Kier alpha value is -3.75. The van der Waals surface area contributed by atoms with Crippen molar-refractivity contribution in [3.05, 3.63) is 65.8 Å². The van der Waals surface area contributed by atoms with Gasteiger partial charge in [0.2, 0.25) is 11.7 Å². The fourth-order valence-corrected chi connectivity index (χ4v) is 2.83. The van der Waals surface area contributed by atoms with Gasteiger partial charge in [-0.25, -0.2) is 4.39 Å². The van der Waals surface area contributed by atoms with Crippen molar-refractivity contribution in [2.45, 2.75) is 26.3 Å². The number of halogens is 1. The van der Waals surface area contributed by atoms with Crippen molar-refractivity contribution in [3.63, 3.8) is 0 Å². The molecule has 0 fully saturated rings. The molecule has 0 saturated heterocycles. The third-order valence-corrected chi connectivity index (χ3v) is 4.55. The van der Waals surface area contributed by atoms with Crippen LogP contribution in [0.5, 0.6) is 5.75 Å². The minimum atomic E-state index is -0.547. The molecule has 0 spiro atoms. The van der Waals surface area contributed by atoms with Crippen LogP contribution >= 0.6 is 0 Å². The van der Waals surface area contributed by atoms with Crippen molar-refractivity contribution in [1.82, 2.24) is 15.0 Å². The van der Waals surface area contributed by atoms with Crippen LogP contribution < -0.4 is 4.74 Å². The van der Waals surface area contributed by atoms with Gasteiger partial charge in [-0.3, -0.25) is 9.59 Å². The van der Waals surface area contributed by atoms with Gasteiger partial charge in [0.05, 0.1) is 13.0 Å². The third kappa shape index (κ3) is 6.63. The van der Waals surface area contributed by atoms with Gasteiger partial charge in [-0.05, 0) is 48.9 Å². The molecule has 3 aromatic rings. The molecule has 0 N–H and O–H groups in total. The fraction of sp³-hybridized carbons (Fsp3) is 0.304. The molecule has 1 aromatic heterocycles. The second kappa shape index (κ2) is 11.0. The summed E-state index contributed by atoms with van der Waals surface area (Å²) >= 11 is 0. The maximum Gasteiger partial charge on any atom is 0.306 e. The van der Waals surface area contributed by atoms with Crippen LogP contribution in [0.4, 0.5) is 4.39 Å². The van der Waals surface area contributed by atoms with Crippen molar-refractivity contribution in [2.75, 3.05) is 20.3 Å². The molecule has 0 aliphatic carbocycles. The van der Waals surface area contributed by atoms with E-state index >= 15 is 0 Å². The van der Waals surface area contributed by atoms with Crippen molar-refractivity contribution in [1.29, 1.82) is 0 Å². The smallest absolute Gasteiger partial charge is 0.306 e. The number of benzene rings is 2. The molecule has 32 heavy (non-hydrogen) atoms. The van der Waals surface area contributed by atoms with Gasteiger partial charge in [-0.1, -0.05) is 17.3 Å². The molecule has 0 bridgehead atoms. The normalized spacial score (nSPS) is 10.6. The van der Waals surface area contributed by atoms with Gasteiger partial charge in [-0.15, -0.1) is 0 Å². The number of hydrogen-bond acceptors (Lipinski definition) is 7. The fourth-order valence-electron chi connectivity index (χ4n) is 2.83. The lowest BCUT2D eigenvalue weighted by Gasteiger charge is -2.17. The Balaban J connectivity index is 1.40. The van der Waals surface area contributed by atoms with E-state index in [9.17, 15) is 14.0 Å². The van der Waals surface area contributed by atoms with Crippen LogP contribution in [-0.2, 0) is 27.3 Å². The first-order valence-electron chi connectivity index (χ1n) is 10.1. The largest absolute Gasteiger partial charge is 0.494 e. The predicted octanol–water partition coefficient (Wildman–Crippen LogP) is 3.41. The number of aryl methyl sites for hydroxylation is 1. The molecule has 0 atom stereocenters. The first kappa shape index (κ1) is 22.9. The molecule has 0 saturated carbocycles. The average Bonchev–Trinajstić information content (AvgIpc) is 3.27. The average molecular weight is 441 g/mol. The highest BCUT2D eigenvalue weighted by atomic mass is 19.1. The van der Waals surface area contributed by atoms with Crippen LogP contribution in [0.15, 0.2) is 53.1 Å². The zero-order valence-electron chi connectivity index (χ0n) is 17.9. The van der Waals surface area contributed by atoms with Crippen LogP contribution in [0.3, 0.4) is 0 Å². The number of ether oxygens (including phenoxy) is 2. The zero-order chi connectivity index (χ0) is 22.9. The zero-order valence-corrected chi connectivity index (χ0v) is 17.9. The molecular weight excluding hydrogens is 417 g/mol. The first-order valence-corrected chi connectivity index (χ1v) is 10.1. The quantitative estimate of drug-likeness (QED) is 0.445. The van der Waals surface area contributed by atoms with Gasteiger partial charge >= 0.3 is 5.97 Å². The third-order valence-electron chi connectivity index (χ3n) is 4.55. The van der Waals surface area contributed by atoms with E-state index in [-0.39, 0.29) is 37.1 Å². The molecule has 1 heterocycles. The summed E-state index contributed by atoms with van der Waals surface area (Å²) < 4.78 is 28.6. The number of esters is 1. The highest BCUT2D eigenvalue weighted by molar-refractivity contribution is 5.80. The SMILES string of the molecule is CCOc1ccc(CN(C)C(=O)COC(=O)CCc2nc(-c3ccc(F)cc3)no2)cc1. The number of aromatic nitrogens is 2. The van der Waals surface area contributed by atoms with Gasteiger partial charge in [0, 0.05) is 25.6 Å². The Morgan fingerprint density at radius 2 is 1.81 bits per heavy atom. The topological polar surface area (TPSA) is 94.8 Å². The summed E-state index contributed by atoms with van der Waals surface area (Å²) in [6, 6.07) is 13.1. The number of hydrogen-bond donors (Lipinski definition) is 0. The van der Waals surface area contributed by atoms with E-state index in [1.54, 1.807) is 7.05 Å². The van der Waals surface area contributed by atoms with E-state index in [1.165, 1.54) is 29.2 Å². The summed E-state index contributed by atoms with van der Waals surface area (Å²) in [5, 5.41) is 3.82.